The molecule has 1 fully saturated rings. The SMILES string of the molecule is O=S(c1ccccc1)N1CC[C@H](O)C1. The van der Waals surface area contributed by atoms with E-state index in [1.807, 2.05) is 30.3 Å². The maximum Gasteiger partial charge on any atom is 0.127 e. The van der Waals surface area contributed by atoms with Crippen molar-refractivity contribution in [3.05, 3.63) is 30.3 Å². The molecule has 14 heavy (non-hydrogen) atoms. The number of hydrogen-bond acceptors (Lipinski definition) is 2. The number of β-amino-alcohol motifs (C(OH)–C–C–N with tert-alkyl or cyclic N) is 1. The van der Waals surface area contributed by atoms with Crippen LogP contribution in [0.1, 0.15) is 6.42 Å². The van der Waals surface area contributed by atoms with Gasteiger partial charge in [0.2, 0.25) is 0 Å². The first-order valence-corrected chi connectivity index (χ1v) is 5.78. The molecule has 0 saturated carbocycles. The lowest BCUT2D eigenvalue weighted by Gasteiger charge is -2.13. The van der Waals surface area contributed by atoms with Crippen LogP contribution >= 0.6 is 0 Å². The normalized spacial score (nSPS) is 25.1. The lowest BCUT2D eigenvalue weighted by atomic mass is 10.3. The predicted molar refractivity (Wildman–Crippen MR) is 55.0 cm³/mol. The molecule has 1 aromatic carbocycles. The quantitative estimate of drug-likeness (QED) is 0.785. The number of hydrogen-bond donors (Lipinski definition) is 1. The van der Waals surface area contributed by atoms with Crippen molar-refractivity contribution in [3.63, 3.8) is 0 Å². The molecule has 3 nitrogen and oxygen atoms in total. The van der Waals surface area contributed by atoms with E-state index in [9.17, 15) is 9.32 Å². The zero-order valence-electron chi connectivity index (χ0n) is 7.80. The van der Waals surface area contributed by atoms with E-state index in [1.165, 1.54) is 0 Å². The molecule has 2 rings (SSSR count). The van der Waals surface area contributed by atoms with Crippen LogP contribution < -0.4 is 0 Å². The Kier molecular flexibility index (Phi) is 2.96. The zero-order valence-corrected chi connectivity index (χ0v) is 8.61. The maximum atomic E-state index is 11.9. The summed E-state index contributed by atoms with van der Waals surface area (Å²) < 4.78 is 13.7. The first-order chi connectivity index (χ1) is 6.77. The van der Waals surface area contributed by atoms with E-state index in [2.05, 4.69) is 0 Å². The Morgan fingerprint density at radius 2 is 2.07 bits per heavy atom. The molecule has 2 atom stereocenters. The summed E-state index contributed by atoms with van der Waals surface area (Å²) in [6.07, 6.45) is 0.404. The molecule has 1 aromatic rings. The summed E-state index contributed by atoms with van der Waals surface area (Å²) in [4.78, 5) is 0.807. The average molecular weight is 211 g/mol. The van der Waals surface area contributed by atoms with E-state index < -0.39 is 11.0 Å². The zero-order chi connectivity index (χ0) is 9.97. The third kappa shape index (κ3) is 2.03. The molecule has 1 unspecified atom stereocenters. The van der Waals surface area contributed by atoms with Crippen LogP contribution in [-0.4, -0.2) is 32.8 Å². The van der Waals surface area contributed by atoms with Crippen molar-refractivity contribution in [2.24, 2.45) is 0 Å². The van der Waals surface area contributed by atoms with Gasteiger partial charge >= 0.3 is 0 Å². The molecule has 76 valence electrons. The van der Waals surface area contributed by atoms with Gasteiger partial charge in [-0.2, -0.15) is 0 Å². The molecule has 1 aliphatic rings. The van der Waals surface area contributed by atoms with Crippen LogP contribution in [0.5, 0.6) is 0 Å². The average Bonchev–Trinajstić information content (AvgIpc) is 2.65. The lowest BCUT2D eigenvalue weighted by molar-refractivity contribution is 0.190. The van der Waals surface area contributed by atoms with E-state index in [0.717, 1.165) is 11.3 Å². The summed E-state index contributed by atoms with van der Waals surface area (Å²) in [5.74, 6) is 0. The van der Waals surface area contributed by atoms with Gasteiger partial charge < -0.3 is 5.11 Å². The monoisotopic (exact) mass is 211 g/mol. The predicted octanol–water partition coefficient (Wildman–Crippen LogP) is 0.776. The summed E-state index contributed by atoms with van der Waals surface area (Å²) in [7, 11) is -1.11. The van der Waals surface area contributed by atoms with Gasteiger partial charge in [-0.05, 0) is 18.6 Å². The van der Waals surface area contributed by atoms with Crippen LogP contribution in [0, 0.1) is 0 Å². The van der Waals surface area contributed by atoms with Crippen molar-refractivity contribution in [2.45, 2.75) is 17.4 Å². The van der Waals surface area contributed by atoms with E-state index in [-0.39, 0.29) is 6.10 Å². The minimum Gasteiger partial charge on any atom is -0.392 e. The number of nitrogens with zero attached hydrogens (tertiary/aromatic N) is 1. The second-order valence-electron chi connectivity index (χ2n) is 3.39. The molecule has 0 amide bonds. The highest BCUT2D eigenvalue weighted by Gasteiger charge is 2.25. The fraction of sp³-hybridized carbons (Fsp3) is 0.400. The highest BCUT2D eigenvalue weighted by Crippen LogP contribution is 2.16. The molecular formula is C10H13NO2S. The Morgan fingerprint density at radius 3 is 2.64 bits per heavy atom. The second kappa shape index (κ2) is 4.21. The summed E-state index contributed by atoms with van der Waals surface area (Å²) in [6, 6.07) is 9.35. The Hall–Kier alpha value is -0.710. The Balaban J connectivity index is 2.10. The van der Waals surface area contributed by atoms with Gasteiger partial charge in [0.25, 0.3) is 0 Å². The third-order valence-corrected chi connectivity index (χ3v) is 3.78. The maximum absolute atomic E-state index is 11.9. The van der Waals surface area contributed by atoms with Gasteiger partial charge in [0.1, 0.15) is 11.0 Å². The van der Waals surface area contributed by atoms with Crippen LogP contribution in [0.25, 0.3) is 0 Å². The fourth-order valence-corrected chi connectivity index (χ4v) is 2.81. The molecular weight excluding hydrogens is 198 g/mol. The summed E-state index contributed by atoms with van der Waals surface area (Å²) in [6.45, 7) is 1.23. The molecule has 0 aliphatic carbocycles. The molecule has 0 bridgehead atoms. The van der Waals surface area contributed by atoms with Crippen molar-refractivity contribution < 1.29 is 9.32 Å². The minimum absolute atomic E-state index is 0.317. The van der Waals surface area contributed by atoms with Gasteiger partial charge in [-0.15, -0.1) is 0 Å². The van der Waals surface area contributed by atoms with Gasteiger partial charge in [-0.3, -0.25) is 0 Å². The first kappa shape index (κ1) is 9.83. The molecule has 0 aromatic heterocycles. The Morgan fingerprint density at radius 1 is 1.36 bits per heavy atom. The molecule has 4 heteroatoms. The van der Waals surface area contributed by atoms with Crippen LogP contribution in [-0.2, 0) is 11.0 Å². The lowest BCUT2D eigenvalue weighted by Crippen LogP contribution is -2.24. The first-order valence-electron chi connectivity index (χ1n) is 4.67. The molecule has 1 heterocycles. The van der Waals surface area contributed by atoms with Crippen molar-refractivity contribution in [3.8, 4) is 0 Å². The topological polar surface area (TPSA) is 40.5 Å². The molecule has 0 radical (unpaired) electrons. The summed E-state index contributed by atoms with van der Waals surface area (Å²) in [5, 5.41) is 9.32. The van der Waals surface area contributed by atoms with Crippen LogP contribution in [0.2, 0.25) is 0 Å². The van der Waals surface area contributed by atoms with Crippen LogP contribution in [0.4, 0.5) is 0 Å². The summed E-state index contributed by atoms with van der Waals surface area (Å²) in [5.41, 5.74) is 0. The number of aliphatic hydroxyl groups is 1. The van der Waals surface area contributed by atoms with Gasteiger partial charge in [-0.25, -0.2) is 8.51 Å². The molecule has 1 N–H and O–H groups in total. The smallest absolute Gasteiger partial charge is 0.127 e. The molecule has 1 saturated heterocycles. The number of aliphatic hydroxyl groups excluding tert-OH is 1. The van der Waals surface area contributed by atoms with Crippen molar-refractivity contribution in [2.75, 3.05) is 13.1 Å². The van der Waals surface area contributed by atoms with Crippen molar-refractivity contribution in [1.29, 1.82) is 0 Å². The Bertz CT molecular complexity index is 328. The Labute approximate surface area is 85.9 Å². The minimum atomic E-state index is -1.11. The summed E-state index contributed by atoms with van der Waals surface area (Å²) >= 11 is 0. The van der Waals surface area contributed by atoms with E-state index >= 15 is 0 Å². The van der Waals surface area contributed by atoms with Gasteiger partial charge in [0.15, 0.2) is 0 Å². The van der Waals surface area contributed by atoms with E-state index in [4.69, 9.17) is 0 Å². The molecule has 1 aliphatic heterocycles. The van der Waals surface area contributed by atoms with Crippen molar-refractivity contribution in [1.82, 2.24) is 4.31 Å². The number of benzene rings is 1. The standard InChI is InChI=1S/C10H13NO2S/c12-9-6-7-11(8-9)14(13)10-4-2-1-3-5-10/h1-5,9,12H,6-8H2/t9-,14?/m0/s1. The van der Waals surface area contributed by atoms with Gasteiger partial charge in [0.05, 0.1) is 11.0 Å². The third-order valence-electron chi connectivity index (χ3n) is 2.31. The molecule has 0 spiro atoms. The highest BCUT2D eigenvalue weighted by molar-refractivity contribution is 7.82. The second-order valence-corrected chi connectivity index (χ2v) is 4.88. The van der Waals surface area contributed by atoms with Crippen molar-refractivity contribution >= 4 is 11.0 Å². The fourth-order valence-electron chi connectivity index (χ4n) is 1.55. The van der Waals surface area contributed by atoms with Crippen LogP contribution in [0.3, 0.4) is 0 Å². The van der Waals surface area contributed by atoms with Gasteiger partial charge in [0, 0.05) is 13.1 Å². The largest absolute Gasteiger partial charge is 0.392 e. The van der Waals surface area contributed by atoms with E-state index in [1.54, 1.807) is 4.31 Å². The van der Waals surface area contributed by atoms with Crippen LogP contribution in [0.15, 0.2) is 35.2 Å². The highest BCUT2D eigenvalue weighted by atomic mass is 32.2. The van der Waals surface area contributed by atoms with E-state index in [0.29, 0.717) is 13.1 Å². The number of rotatable bonds is 2. The van der Waals surface area contributed by atoms with Gasteiger partial charge in [-0.1, -0.05) is 18.2 Å².